The zero-order valence-corrected chi connectivity index (χ0v) is 8.56. The first-order chi connectivity index (χ1) is 6.46. The van der Waals surface area contributed by atoms with E-state index in [4.69, 9.17) is 4.74 Å². The molecule has 0 radical (unpaired) electrons. The second-order valence-electron chi connectivity index (χ2n) is 3.65. The molecule has 1 heterocycles. The van der Waals surface area contributed by atoms with E-state index in [1.807, 2.05) is 0 Å². The Morgan fingerprint density at radius 2 is 2.14 bits per heavy atom. The molecule has 0 spiro atoms. The Bertz CT molecular complexity index is 306. The van der Waals surface area contributed by atoms with Crippen LogP contribution in [0.1, 0.15) is 25.6 Å². The average Bonchev–Trinajstić information content (AvgIpc) is 2.15. The van der Waals surface area contributed by atoms with Gasteiger partial charge in [0.2, 0.25) is 0 Å². The lowest BCUT2D eigenvalue weighted by Crippen LogP contribution is -2.29. The first-order valence-corrected chi connectivity index (χ1v) is 4.36. The van der Waals surface area contributed by atoms with Crippen molar-refractivity contribution in [2.75, 3.05) is 7.11 Å². The highest BCUT2D eigenvalue weighted by molar-refractivity contribution is 5.29. The molecule has 1 aromatic rings. The number of methoxy groups -OCH3 is 1. The molecule has 0 aromatic carbocycles. The normalized spacial score (nSPS) is 13.8. The SMILES string of the molecule is COc1cccnc1C(O)C(C)(C)O. The molecular weight excluding hydrogens is 182 g/mol. The zero-order chi connectivity index (χ0) is 10.8. The van der Waals surface area contributed by atoms with Crippen LogP contribution in [0.5, 0.6) is 5.75 Å². The summed E-state index contributed by atoms with van der Waals surface area (Å²) in [7, 11) is 1.50. The van der Waals surface area contributed by atoms with Gasteiger partial charge in [-0.2, -0.15) is 0 Å². The maximum Gasteiger partial charge on any atom is 0.143 e. The molecule has 14 heavy (non-hydrogen) atoms. The van der Waals surface area contributed by atoms with E-state index in [9.17, 15) is 10.2 Å². The second-order valence-corrected chi connectivity index (χ2v) is 3.65. The van der Waals surface area contributed by atoms with Gasteiger partial charge in [-0.25, -0.2) is 0 Å². The van der Waals surface area contributed by atoms with Crippen molar-refractivity contribution < 1.29 is 14.9 Å². The van der Waals surface area contributed by atoms with Crippen molar-refractivity contribution >= 4 is 0 Å². The summed E-state index contributed by atoms with van der Waals surface area (Å²) in [5.74, 6) is 0.474. The van der Waals surface area contributed by atoms with Gasteiger partial charge in [-0.3, -0.25) is 4.98 Å². The summed E-state index contributed by atoms with van der Waals surface area (Å²) in [6.45, 7) is 3.04. The first kappa shape index (κ1) is 10.9. The molecule has 0 saturated carbocycles. The van der Waals surface area contributed by atoms with Gasteiger partial charge < -0.3 is 14.9 Å². The van der Waals surface area contributed by atoms with Crippen LogP contribution in [-0.2, 0) is 0 Å². The molecule has 0 amide bonds. The molecule has 2 N–H and O–H groups in total. The topological polar surface area (TPSA) is 62.6 Å². The zero-order valence-electron chi connectivity index (χ0n) is 8.56. The lowest BCUT2D eigenvalue weighted by atomic mass is 9.98. The van der Waals surface area contributed by atoms with Gasteiger partial charge in [0.15, 0.2) is 0 Å². The number of aromatic nitrogens is 1. The van der Waals surface area contributed by atoms with Gasteiger partial charge >= 0.3 is 0 Å². The summed E-state index contributed by atoms with van der Waals surface area (Å²) in [6.07, 6.45) is 0.492. The number of rotatable bonds is 3. The Balaban J connectivity index is 3.06. The molecule has 4 nitrogen and oxygen atoms in total. The van der Waals surface area contributed by atoms with E-state index in [0.717, 1.165) is 0 Å². The summed E-state index contributed by atoms with van der Waals surface area (Å²) in [4.78, 5) is 3.98. The van der Waals surface area contributed by atoms with Gasteiger partial charge in [-0.1, -0.05) is 0 Å². The lowest BCUT2D eigenvalue weighted by molar-refractivity contribution is -0.0527. The highest BCUT2D eigenvalue weighted by atomic mass is 16.5. The van der Waals surface area contributed by atoms with Crippen LogP contribution in [0.25, 0.3) is 0 Å². The summed E-state index contributed by atoms with van der Waals surface area (Å²) < 4.78 is 5.03. The van der Waals surface area contributed by atoms with E-state index in [1.54, 1.807) is 18.3 Å². The van der Waals surface area contributed by atoms with Crippen molar-refractivity contribution in [3.63, 3.8) is 0 Å². The molecule has 1 atom stereocenters. The van der Waals surface area contributed by atoms with Crippen LogP contribution in [0.2, 0.25) is 0 Å². The standard InChI is InChI=1S/C10H15NO3/c1-10(2,13)9(12)8-7(14-3)5-4-6-11-8/h4-6,9,12-13H,1-3H3. The molecule has 0 aliphatic heterocycles. The van der Waals surface area contributed by atoms with E-state index in [1.165, 1.54) is 21.0 Å². The van der Waals surface area contributed by atoms with Crippen LogP contribution in [0, 0.1) is 0 Å². The predicted molar refractivity (Wildman–Crippen MR) is 52.0 cm³/mol. The summed E-state index contributed by atoms with van der Waals surface area (Å²) in [6, 6.07) is 3.40. The van der Waals surface area contributed by atoms with Crippen molar-refractivity contribution in [2.45, 2.75) is 25.6 Å². The fraction of sp³-hybridized carbons (Fsp3) is 0.500. The van der Waals surface area contributed by atoms with Crippen molar-refractivity contribution in [2.24, 2.45) is 0 Å². The molecule has 0 bridgehead atoms. The summed E-state index contributed by atoms with van der Waals surface area (Å²) in [5, 5.41) is 19.4. The van der Waals surface area contributed by atoms with Crippen LogP contribution >= 0.6 is 0 Å². The largest absolute Gasteiger partial charge is 0.495 e. The number of nitrogens with zero attached hydrogens (tertiary/aromatic N) is 1. The first-order valence-electron chi connectivity index (χ1n) is 4.36. The molecular formula is C10H15NO3. The van der Waals surface area contributed by atoms with E-state index in [-0.39, 0.29) is 0 Å². The number of aliphatic hydroxyl groups is 2. The number of pyridine rings is 1. The molecule has 1 aromatic heterocycles. The van der Waals surface area contributed by atoms with E-state index in [0.29, 0.717) is 11.4 Å². The Morgan fingerprint density at radius 1 is 1.50 bits per heavy atom. The molecule has 4 heteroatoms. The maximum absolute atomic E-state index is 9.78. The Morgan fingerprint density at radius 3 is 2.64 bits per heavy atom. The van der Waals surface area contributed by atoms with Crippen molar-refractivity contribution in [3.05, 3.63) is 24.0 Å². The maximum atomic E-state index is 9.78. The van der Waals surface area contributed by atoms with Crippen molar-refractivity contribution in [3.8, 4) is 5.75 Å². The summed E-state index contributed by atoms with van der Waals surface area (Å²) in [5.41, 5.74) is -0.885. The van der Waals surface area contributed by atoms with Crippen molar-refractivity contribution in [1.29, 1.82) is 0 Å². The number of hydrogen-bond acceptors (Lipinski definition) is 4. The molecule has 0 saturated heterocycles. The minimum absolute atomic E-state index is 0.350. The minimum atomic E-state index is -1.23. The van der Waals surface area contributed by atoms with Gasteiger partial charge in [0.1, 0.15) is 17.5 Å². The van der Waals surface area contributed by atoms with Crippen molar-refractivity contribution in [1.82, 2.24) is 4.98 Å². The second kappa shape index (κ2) is 3.94. The fourth-order valence-electron chi connectivity index (χ4n) is 1.12. The van der Waals surface area contributed by atoms with Gasteiger partial charge in [0.25, 0.3) is 0 Å². The molecule has 0 fully saturated rings. The van der Waals surface area contributed by atoms with Crippen LogP contribution in [0.15, 0.2) is 18.3 Å². The van der Waals surface area contributed by atoms with Gasteiger partial charge in [-0.05, 0) is 26.0 Å². The third kappa shape index (κ3) is 2.21. The molecule has 0 aliphatic carbocycles. The molecule has 78 valence electrons. The fourth-order valence-corrected chi connectivity index (χ4v) is 1.12. The Kier molecular flexibility index (Phi) is 3.08. The van der Waals surface area contributed by atoms with E-state index in [2.05, 4.69) is 4.98 Å². The van der Waals surface area contributed by atoms with Crippen LogP contribution in [0.4, 0.5) is 0 Å². The summed E-state index contributed by atoms with van der Waals surface area (Å²) >= 11 is 0. The molecule has 1 unspecified atom stereocenters. The minimum Gasteiger partial charge on any atom is -0.495 e. The highest BCUT2D eigenvalue weighted by Gasteiger charge is 2.29. The number of ether oxygens (including phenoxy) is 1. The lowest BCUT2D eigenvalue weighted by Gasteiger charge is -2.24. The molecule has 0 aliphatic rings. The Labute approximate surface area is 83.2 Å². The van der Waals surface area contributed by atoms with Gasteiger partial charge in [0, 0.05) is 6.20 Å². The Hall–Kier alpha value is -1.13. The molecule has 1 rings (SSSR count). The third-order valence-corrected chi connectivity index (χ3v) is 1.95. The highest BCUT2D eigenvalue weighted by Crippen LogP contribution is 2.29. The monoisotopic (exact) mass is 197 g/mol. The smallest absolute Gasteiger partial charge is 0.143 e. The predicted octanol–water partition coefficient (Wildman–Crippen LogP) is 0.894. The third-order valence-electron chi connectivity index (χ3n) is 1.95. The van der Waals surface area contributed by atoms with Crippen LogP contribution in [-0.4, -0.2) is 27.9 Å². The quantitative estimate of drug-likeness (QED) is 0.755. The van der Waals surface area contributed by atoms with Crippen LogP contribution in [0.3, 0.4) is 0 Å². The van der Waals surface area contributed by atoms with E-state index < -0.39 is 11.7 Å². The van der Waals surface area contributed by atoms with Gasteiger partial charge in [0.05, 0.1) is 12.7 Å². The number of aliphatic hydroxyl groups excluding tert-OH is 1. The average molecular weight is 197 g/mol. The van der Waals surface area contributed by atoms with E-state index >= 15 is 0 Å². The van der Waals surface area contributed by atoms with Gasteiger partial charge in [-0.15, -0.1) is 0 Å². The van der Waals surface area contributed by atoms with Crippen LogP contribution < -0.4 is 4.74 Å². The number of hydrogen-bond donors (Lipinski definition) is 2.